The number of nitrogens with one attached hydrogen (secondary N) is 2. The first-order chi connectivity index (χ1) is 19.3. The van der Waals surface area contributed by atoms with Gasteiger partial charge < -0.3 is 15.4 Å². The summed E-state index contributed by atoms with van der Waals surface area (Å²) in [5.74, 6) is 0.324. The van der Waals surface area contributed by atoms with Crippen molar-refractivity contribution in [2.24, 2.45) is 17.8 Å². The number of carbonyl (C=O) groups excluding carboxylic acids is 2. The fourth-order valence-electron chi connectivity index (χ4n) is 5.52. The molecule has 0 radical (unpaired) electrons. The predicted molar refractivity (Wildman–Crippen MR) is 143 cm³/mol. The molecule has 0 aromatic carbocycles. The zero-order chi connectivity index (χ0) is 28.4. The number of hydrogen-bond donors (Lipinski definition) is 2. The normalized spacial score (nSPS) is 16.8. The summed E-state index contributed by atoms with van der Waals surface area (Å²) in [5.41, 5.74) is 1.20. The van der Waals surface area contributed by atoms with Crippen LogP contribution >= 0.6 is 0 Å². The Kier molecular flexibility index (Phi) is 8.13. The van der Waals surface area contributed by atoms with Crippen LogP contribution in [-0.2, 0) is 4.79 Å². The monoisotopic (exact) mass is 555 g/mol. The van der Waals surface area contributed by atoms with Gasteiger partial charge in [0, 0.05) is 36.6 Å². The van der Waals surface area contributed by atoms with E-state index in [4.69, 9.17) is 4.74 Å². The Morgan fingerprint density at radius 1 is 1.10 bits per heavy atom. The summed E-state index contributed by atoms with van der Waals surface area (Å²) < 4.78 is 35.4. The number of methoxy groups -OCH3 is 1. The number of ether oxygens (including phenoxy) is 1. The molecule has 2 N–H and O–H groups in total. The van der Waals surface area contributed by atoms with Crippen LogP contribution in [0.3, 0.4) is 0 Å². The van der Waals surface area contributed by atoms with E-state index in [0.717, 1.165) is 25.7 Å². The standard InChI is InChI=1S/C28H35F2N7O3/c1-16(2)37-21(10-12-32-37)26(38)35-25(24(17-6-7-17)18-8-9-18)27(39)34-19-14-33-36(15-19)22(13-23(29)30)20-5-4-11-31-28(20)40-3/h4-5,10-12,14-18,22-25H,6-9,13H2,1-3H3,(H,34,39)(H,35,38). The number of aromatic nitrogens is 5. The molecule has 0 spiro atoms. The van der Waals surface area contributed by atoms with Gasteiger partial charge in [-0.2, -0.15) is 10.2 Å². The topological polar surface area (TPSA) is 116 Å². The van der Waals surface area contributed by atoms with Crippen LogP contribution < -0.4 is 15.4 Å². The summed E-state index contributed by atoms with van der Waals surface area (Å²) >= 11 is 0. The molecule has 0 aliphatic heterocycles. The van der Waals surface area contributed by atoms with Gasteiger partial charge >= 0.3 is 0 Å². The van der Waals surface area contributed by atoms with Gasteiger partial charge in [-0.3, -0.25) is 19.0 Å². The maximum atomic E-state index is 13.7. The third-order valence-electron chi connectivity index (χ3n) is 7.62. The quantitative estimate of drug-likeness (QED) is 0.321. The first kappa shape index (κ1) is 27.7. The maximum absolute atomic E-state index is 13.7. The van der Waals surface area contributed by atoms with E-state index in [1.807, 2.05) is 13.8 Å². The smallest absolute Gasteiger partial charge is 0.270 e. The van der Waals surface area contributed by atoms with E-state index in [-0.39, 0.29) is 29.7 Å². The van der Waals surface area contributed by atoms with Gasteiger partial charge in [0.25, 0.3) is 5.91 Å². The molecule has 3 aromatic rings. The number of anilines is 1. The van der Waals surface area contributed by atoms with Crippen molar-refractivity contribution >= 4 is 17.5 Å². The Morgan fingerprint density at radius 2 is 1.82 bits per heavy atom. The number of carbonyl (C=O) groups is 2. The Bertz CT molecular complexity index is 1320. The number of pyridine rings is 1. The highest BCUT2D eigenvalue weighted by atomic mass is 19.3. The molecule has 3 heterocycles. The van der Waals surface area contributed by atoms with Crippen molar-refractivity contribution in [1.29, 1.82) is 0 Å². The average molecular weight is 556 g/mol. The zero-order valence-corrected chi connectivity index (χ0v) is 22.8. The third kappa shape index (κ3) is 6.15. The van der Waals surface area contributed by atoms with Crippen molar-refractivity contribution < 1.29 is 23.1 Å². The van der Waals surface area contributed by atoms with Crippen LogP contribution in [0, 0.1) is 17.8 Å². The second-order valence-corrected chi connectivity index (χ2v) is 10.9. The highest BCUT2D eigenvalue weighted by molar-refractivity contribution is 6.00. The molecule has 2 atom stereocenters. The van der Waals surface area contributed by atoms with Crippen LogP contribution in [0.4, 0.5) is 14.5 Å². The van der Waals surface area contributed by atoms with Gasteiger partial charge in [0.05, 0.1) is 25.0 Å². The van der Waals surface area contributed by atoms with E-state index >= 15 is 0 Å². The Morgan fingerprint density at radius 3 is 2.45 bits per heavy atom. The molecule has 2 aliphatic rings. The molecule has 214 valence electrons. The highest BCUT2D eigenvalue weighted by Gasteiger charge is 2.48. The Balaban J connectivity index is 1.38. The summed E-state index contributed by atoms with van der Waals surface area (Å²) in [6, 6.07) is 3.34. The lowest BCUT2D eigenvalue weighted by atomic mass is 9.88. The van der Waals surface area contributed by atoms with Gasteiger partial charge in [-0.25, -0.2) is 13.8 Å². The summed E-state index contributed by atoms with van der Waals surface area (Å²) in [6.45, 7) is 3.87. The number of alkyl halides is 2. The van der Waals surface area contributed by atoms with E-state index in [0.29, 0.717) is 28.8 Å². The molecule has 2 unspecified atom stereocenters. The van der Waals surface area contributed by atoms with Crippen molar-refractivity contribution in [3.05, 3.63) is 54.2 Å². The molecular formula is C28H35F2N7O3. The van der Waals surface area contributed by atoms with E-state index in [1.165, 1.54) is 30.4 Å². The zero-order valence-electron chi connectivity index (χ0n) is 22.8. The van der Waals surface area contributed by atoms with Gasteiger partial charge in [-0.1, -0.05) is 0 Å². The highest BCUT2D eigenvalue weighted by Crippen LogP contribution is 2.51. The van der Waals surface area contributed by atoms with E-state index in [9.17, 15) is 18.4 Å². The van der Waals surface area contributed by atoms with Crippen LogP contribution in [0.15, 0.2) is 43.0 Å². The number of hydrogen-bond acceptors (Lipinski definition) is 6. The van der Waals surface area contributed by atoms with Gasteiger partial charge in [-0.15, -0.1) is 0 Å². The molecule has 2 amide bonds. The van der Waals surface area contributed by atoms with Crippen molar-refractivity contribution in [1.82, 2.24) is 29.9 Å². The molecule has 10 nitrogen and oxygen atoms in total. The largest absolute Gasteiger partial charge is 0.481 e. The minimum absolute atomic E-state index is 0.0175. The molecule has 0 saturated heterocycles. The van der Waals surface area contributed by atoms with Gasteiger partial charge in [-0.05, 0) is 75.5 Å². The van der Waals surface area contributed by atoms with Gasteiger partial charge in [0.1, 0.15) is 11.7 Å². The minimum Gasteiger partial charge on any atom is -0.481 e. The van der Waals surface area contributed by atoms with Crippen molar-refractivity contribution in [2.75, 3.05) is 12.4 Å². The number of amides is 2. The molecule has 2 aliphatic carbocycles. The van der Waals surface area contributed by atoms with Crippen molar-refractivity contribution in [3.63, 3.8) is 0 Å². The van der Waals surface area contributed by atoms with E-state index in [2.05, 4.69) is 25.8 Å². The van der Waals surface area contributed by atoms with Crippen LogP contribution in [0.25, 0.3) is 0 Å². The lowest BCUT2D eigenvalue weighted by molar-refractivity contribution is -0.119. The van der Waals surface area contributed by atoms with Crippen LogP contribution in [0.1, 0.15) is 74.1 Å². The lowest BCUT2D eigenvalue weighted by Crippen LogP contribution is -2.50. The SMILES string of the molecule is COc1ncccc1C(CC(F)F)n1cc(NC(=O)C(NC(=O)c2ccnn2C(C)C)C(C2CC2)C2CC2)cn1. The first-order valence-corrected chi connectivity index (χ1v) is 13.7. The Labute approximate surface area is 231 Å². The van der Waals surface area contributed by atoms with Crippen LogP contribution in [0.2, 0.25) is 0 Å². The van der Waals surface area contributed by atoms with Crippen LogP contribution in [0.5, 0.6) is 5.88 Å². The molecular weight excluding hydrogens is 520 g/mol. The summed E-state index contributed by atoms with van der Waals surface area (Å²) in [4.78, 5) is 31.2. The molecule has 2 saturated carbocycles. The minimum atomic E-state index is -2.60. The second kappa shape index (κ2) is 11.7. The summed E-state index contributed by atoms with van der Waals surface area (Å²) in [7, 11) is 1.43. The Hall–Kier alpha value is -3.83. The van der Waals surface area contributed by atoms with Crippen LogP contribution in [-0.4, -0.2) is 55.9 Å². The van der Waals surface area contributed by atoms with E-state index < -0.39 is 24.9 Å². The molecule has 12 heteroatoms. The second-order valence-electron chi connectivity index (χ2n) is 10.9. The van der Waals surface area contributed by atoms with Gasteiger partial charge in [0.2, 0.25) is 18.2 Å². The summed E-state index contributed by atoms with van der Waals surface area (Å²) in [5, 5.41) is 14.4. The molecule has 40 heavy (non-hydrogen) atoms. The fraction of sp³-hybridized carbons (Fsp3) is 0.536. The van der Waals surface area contributed by atoms with Crippen molar-refractivity contribution in [2.45, 2.75) is 70.5 Å². The summed E-state index contributed by atoms with van der Waals surface area (Å²) in [6.07, 6.45) is 7.06. The molecule has 2 fully saturated rings. The molecule has 0 bridgehead atoms. The lowest BCUT2D eigenvalue weighted by Gasteiger charge is -2.27. The fourth-order valence-corrected chi connectivity index (χ4v) is 5.52. The maximum Gasteiger partial charge on any atom is 0.270 e. The number of halogens is 2. The first-order valence-electron chi connectivity index (χ1n) is 13.7. The average Bonchev–Trinajstić information content (AvgIpc) is 3.85. The van der Waals surface area contributed by atoms with Crippen molar-refractivity contribution in [3.8, 4) is 5.88 Å². The van der Waals surface area contributed by atoms with Gasteiger partial charge in [0.15, 0.2) is 0 Å². The number of rotatable bonds is 13. The molecule has 5 rings (SSSR count). The predicted octanol–water partition coefficient (Wildman–Crippen LogP) is 4.48. The molecule has 3 aromatic heterocycles. The van der Waals surface area contributed by atoms with E-state index in [1.54, 1.807) is 29.1 Å². The third-order valence-corrected chi connectivity index (χ3v) is 7.62. The number of nitrogens with zero attached hydrogens (tertiary/aromatic N) is 5.